The van der Waals surface area contributed by atoms with Gasteiger partial charge in [0.15, 0.2) is 24.3 Å². The van der Waals surface area contributed by atoms with Gasteiger partial charge in [-0.1, -0.05) is 95.3 Å². The molecule has 3 aromatic rings. The van der Waals surface area contributed by atoms with E-state index in [4.69, 9.17) is 13.9 Å². The van der Waals surface area contributed by atoms with E-state index in [1.54, 1.807) is 24.3 Å². The standard InChI is InChI=1S/C43H56F3N3O9SSi/c1-26(2)37(38(50)43(44,45)46)48-39(51)36-21-29(59(54,55)25-27-17-19-28(56-6)20-18-27)22-49(36)40(52)35(24-58-60(7,8)42(3,4)5)47-41(53)57-23-34-32-15-11-9-13-30(32)31-14-10-12-16-33(31)34/h9-20,26,29,34-38,50H,21-25H2,1-8H3,(H,47,53)(H,48,51)/t29-,35+,36+,37+,38+/m1/s1. The Hall–Kier alpha value is -4.45. The Balaban J connectivity index is 1.44. The molecule has 2 aliphatic rings. The average Bonchev–Trinajstić information content (AvgIpc) is 3.77. The van der Waals surface area contributed by atoms with Crippen molar-refractivity contribution in [3.05, 3.63) is 89.5 Å². The van der Waals surface area contributed by atoms with Crippen molar-refractivity contribution in [1.29, 1.82) is 0 Å². The monoisotopic (exact) mass is 875 g/mol. The molecule has 328 valence electrons. The molecule has 1 aliphatic heterocycles. The first-order valence-electron chi connectivity index (χ1n) is 19.9. The summed E-state index contributed by atoms with van der Waals surface area (Å²) in [6, 6.07) is 16.9. The molecule has 0 aromatic heterocycles. The highest BCUT2D eigenvalue weighted by Gasteiger charge is 2.50. The lowest BCUT2D eigenvalue weighted by Gasteiger charge is -2.38. The van der Waals surface area contributed by atoms with Crippen LogP contribution in [-0.2, 0) is 34.3 Å². The summed E-state index contributed by atoms with van der Waals surface area (Å²) in [5.74, 6) is -3.15. The number of fused-ring (bicyclic) bond motifs is 3. The highest BCUT2D eigenvalue weighted by molar-refractivity contribution is 7.91. The van der Waals surface area contributed by atoms with E-state index in [1.165, 1.54) is 21.0 Å². The van der Waals surface area contributed by atoms with E-state index < -0.39 is 96.4 Å². The summed E-state index contributed by atoms with van der Waals surface area (Å²) in [4.78, 5) is 43.4. The number of benzene rings is 3. The van der Waals surface area contributed by atoms with E-state index in [2.05, 4.69) is 10.6 Å². The van der Waals surface area contributed by atoms with Crippen LogP contribution in [0.1, 0.15) is 63.6 Å². The van der Waals surface area contributed by atoms with Crippen LogP contribution in [0.2, 0.25) is 18.1 Å². The van der Waals surface area contributed by atoms with E-state index >= 15 is 0 Å². The zero-order chi connectivity index (χ0) is 44.4. The van der Waals surface area contributed by atoms with Gasteiger partial charge in [-0.15, -0.1) is 0 Å². The molecule has 60 heavy (non-hydrogen) atoms. The van der Waals surface area contributed by atoms with Gasteiger partial charge >= 0.3 is 12.3 Å². The molecule has 3 aromatic carbocycles. The number of aliphatic hydroxyl groups excluding tert-OH is 1. The van der Waals surface area contributed by atoms with Crippen LogP contribution in [0.5, 0.6) is 5.75 Å². The van der Waals surface area contributed by atoms with Gasteiger partial charge in [0.25, 0.3) is 0 Å². The Morgan fingerprint density at radius 3 is 2.00 bits per heavy atom. The lowest BCUT2D eigenvalue weighted by Crippen LogP contribution is -2.59. The van der Waals surface area contributed by atoms with Crippen LogP contribution in [0.25, 0.3) is 11.1 Å². The molecule has 0 bridgehead atoms. The van der Waals surface area contributed by atoms with Crippen molar-refractivity contribution in [3.8, 4) is 16.9 Å². The van der Waals surface area contributed by atoms with Crippen molar-refractivity contribution in [3.63, 3.8) is 0 Å². The molecule has 5 atom stereocenters. The number of nitrogens with zero attached hydrogens (tertiary/aromatic N) is 1. The van der Waals surface area contributed by atoms with Crippen LogP contribution in [0.4, 0.5) is 18.0 Å². The molecule has 0 saturated carbocycles. The van der Waals surface area contributed by atoms with Crippen molar-refractivity contribution < 1.29 is 55.0 Å². The van der Waals surface area contributed by atoms with E-state index in [9.17, 15) is 41.1 Å². The number of methoxy groups -OCH3 is 1. The van der Waals surface area contributed by atoms with Crippen LogP contribution in [0.3, 0.4) is 0 Å². The second-order valence-corrected chi connectivity index (χ2v) is 24.5. The number of ether oxygens (including phenoxy) is 2. The van der Waals surface area contributed by atoms with Crippen LogP contribution >= 0.6 is 0 Å². The Kier molecular flexibility index (Phi) is 14.2. The predicted molar refractivity (Wildman–Crippen MR) is 223 cm³/mol. The summed E-state index contributed by atoms with van der Waals surface area (Å²) in [7, 11) is -5.24. The van der Waals surface area contributed by atoms with Crippen LogP contribution in [0, 0.1) is 5.92 Å². The Labute approximate surface area is 351 Å². The molecule has 0 radical (unpaired) electrons. The highest BCUT2D eigenvalue weighted by atomic mass is 32.2. The smallest absolute Gasteiger partial charge is 0.416 e. The van der Waals surface area contributed by atoms with Crippen LogP contribution in [-0.4, -0.2) is 107 Å². The van der Waals surface area contributed by atoms with Gasteiger partial charge in [-0.3, -0.25) is 9.59 Å². The van der Waals surface area contributed by atoms with Crippen LogP contribution in [0.15, 0.2) is 72.8 Å². The van der Waals surface area contributed by atoms with E-state index in [1.807, 2.05) is 82.4 Å². The second kappa shape index (κ2) is 18.3. The maximum atomic E-state index is 14.7. The summed E-state index contributed by atoms with van der Waals surface area (Å²) < 4.78 is 86.5. The van der Waals surface area contributed by atoms with Crippen LogP contribution < -0.4 is 15.4 Å². The average molecular weight is 876 g/mol. The van der Waals surface area contributed by atoms with Gasteiger partial charge in [0.2, 0.25) is 11.8 Å². The number of amides is 3. The molecule has 5 rings (SSSR count). The number of halogens is 3. The van der Waals surface area contributed by atoms with Crippen molar-refractivity contribution in [1.82, 2.24) is 15.5 Å². The van der Waals surface area contributed by atoms with Gasteiger partial charge in [0.05, 0.1) is 30.8 Å². The third kappa shape index (κ3) is 10.5. The third-order valence-electron chi connectivity index (χ3n) is 11.9. The molecule has 3 amide bonds. The first-order chi connectivity index (χ1) is 27.9. The molecule has 12 nitrogen and oxygen atoms in total. The largest absolute Gasteiger partial charge is 0.497 e. The Morgan fingerprint density at radius 2 is 1.48 bits per heavy atom. The summed E-state index contributed by atoms with van der Waals surface area (Å²) >= 11 is 0. The molecule has 0 unspecified atom stereocenters. The minimum Gasteiger partial charge on any atom is -0.497 e. The number of likely N-dealkylation sites (tertiary alicyclic amines) is 1. The normalized spacial score (nSPS) is 18.6. The lowest BCUT2D eigenvalue weighted by molar-refractivity contribution is -0.215. The Bertz CT molecular complexity index is 2080. The number of aliphatic hydroxyl groups is 1. The number of hydrogen-bond acceptors (Lipinski definition) is 9. The van der Waals surface area contributed by atoms with Crippen molar-refractivity contribution in [2.75, 3.05) is 26.9 Å². The van der Waals surface area contributed by atoms with Gasteiger partial charge in [0, 0.05) is 12.5 Å². The molecular weight excluding hydrogens is 820 g/mol. The lowest BCUT2D eigenvalue weighted by atomic mass is 9.97. The highest BCUT2D eigenvalue weighted by Crippen LogP contribution is 2.44. The molecular formula is C43H56F3N3O9SSi. The quantitative estimate of drug-likeness (QED) is 0.144. The minimum absolute atomic E-state index is 0.0809. The molecule has 1 heterocycles. The SMILES string of the molecule is COc1ccc(CS(=O)(=O)[C@@H]2C[C@@H](C(=O)N[C@@H](C(C)C)[C@H](O)C(F)(F)F)N(C(=O)[C@H](CO[Si](C)(C)C(C)(C)C)NC(=O)OCC3c4ccccc4-c4ccccc43)C2)cc1. The predicted octanol–water partition coefficient (Wildman–Crippen LogP) is 6.57. The molecule has 1 saturated heterocycles. The van der Waals surface area contributed by atoms with Gasteiger partial charge < -0.3 is 34.5 Å². The zero-order valence-corrected chi connectivity index (χ0v) is 37.0. The maximum absolute atomic E-state index is 14.7. The number of sulfone groups is 1. The zero-order valence-electron chi connectivity index (χ0n) is 35.2. The minimum atomic E-state index is -5.09. The summed E-state index contributed by atoms with van der Waals surface area (Å²) in [6.07, 6.45) is -9.45. The van der Waals surface area contributed by atoms with Gasteiger partial charge in [-0.25, -0.2) is 13.2 Å². The summed E-state index contributed by atoms with van der Waals surface area (Å²) in [6.45, 7) is 11.6. The number of alkyl carbamates (subject to hydrolysis) is 1. The maximum Gasteiger partial charge on any atom is 0.416 e. The van der Waals surface area contributed by atoms with Crippen molar-refractivity contribution in [2.24, 2.45) is 5.92 Å². The van der Waals surface area contributed by atoms with Crippen molar-refractivity contribution >= 4 is 36.1 Å². The number of carbonyl (C=O) groups excluding carboxylic acids is 3. The molecule has 3 N–H and O–H groups in total. The summed E-state index contributed by atoms with van der Waals surface area (Å²) in [5.41, 5.74) is 4.35. The fourth-order valence-electron chi connectivity index (χ4n) is 7.36. The number of carbonyl (C=O) groups is 3. The van der Waals surface area contributed by atoms with Crippen molar-refractivity contribution in [2.45, 2.75) is 106 Å². The van der Waals surface area contributed by atoms with Gasteiger partial charge in [-0.2, -0.15) is 13.2 Å². The number of rotatable bonds is 15. The van der Waals surface area contributed by atoms with E-state index in [-0.39, 0.29) is 24.2 Å². The molecule has 0 spiro atoms. The molecule has 1 aliphatic carbocycles. The first kappa shape index (κ1) is 46.6. The topological polar surface area (TPSA) is 161 Å². The first-order valence-corrected chi connectivity index (χ1v) is 24.5. The van der Waals surface area contributed by atoms with E-state index in [0.717, 1.165) is 27.2 Å². The number of nitrogens with one attached hydrogen (secondary N) is 2. The van der Waals surface area contributed by atoms with Gasteiger partial charge in [-0.05, 0) is 70.4 Å². The van der Waals surface area contributed by atoms with E-state index in [0.29, 0.717) is 11.3 Å². The molecule has 17 heteroatoms. The summed E-state index contributed by atoms with van der Waals surface area (Å²) in [5, 5.41) is 13.4. The molecule has 1 fully saturated rings. The Morgan fingerprint density at radius 1 is 0.917 bits per heavy atom. The van der Waals surface area contributed by atoms with Gasteiger partial charge in [0.1, 0.15) is 24.4 Å². The number of alkyl halides is 3. The fraction of sp³-hybridized carbons (Fsp3) is 0.512. The fourth-order valence-corrected chi connectivity index (χ4v) is 10.1. The second-order valence-electron chi connectivity index (χ2n) is 17.4. The number of hydrogen-bond donors (Lipinski definition) is 3. The third-order valence-corrected chi connectivity index (χ3v) is 18.5.